The van der Waals surface area contributed by atoms with Crippen LogP contribution >= 0.6 is 23.1 Å². The minimum absolute atomic E-state index is 0.888. The van der Waals surface area contributed by atoms with Gasteiger partial charge in [0.2, 0.25) is 0 Å². The van der Waals surface area contributed by atoms with Crippen molar-refractivity contribution >= 4 is 23.1 Å². The van der Waals surface area contributed by atoms with Gasteiger partial charge >= 0.3 is 0 Å². The van der Waals surface area contributed by atoms with Gasteiger partial charge in [0, 0.05) is 30.9 Å². The number of hydrogen-bond acceptors (Lipinski definition) is 4. The van der Waals surface area contributed by atoms with Crippen LogP contribution in [0, 0.1) is 0 Å². The molecule has 0 fully saturated rings. The van der Waals surface area contributed by atoms with Crippen LogP contribution in [0.25, 0.3) is 0 Å². The molecule has 0 saturated heterocycles. The van der Waals surface area contributed by atoms with Crippen molar-refractivity contribution in [3.8, 4) is 0 Å². The lowest BCUT2D eigenvalue weighted by Gasteiger charge is -2.03. The number of hydrogen-bond donors (Lipinski definition) is 1. The normalized spacial score (nSPS) is 10.8. The average Bonchev–Trinajstić information content (AvgIpc) is 2.80. The van der Waals surface area contributed by atoms with E-state index in [-0.39, 0.29) is 0 Å². The van der Waals surface area contributed by atoms with Gasteiger partial charge in [0.25, 0.3) is 0 Å². The molecule has 4 heteroatoms. The molecular formula is C12H21NOS2. The molecule has 16 heavy (non-hydrogen) atoms. The van der Waals surface area contributed by atoms with Crippen molar-refractivity contribution in [1.29, 1.82) is 0 Å². The van der Waals surface area contributed by atoms with Gasteiger partial charge in [-0.15, -0.1) is 11.3 Å². The van der Waals surface area contributed by atoms with Gasteiger partial charge in [-0.05, 0) is 36.6 Å². The van der Waals surface area contributed by atoms with Gasteiger partial charge in [-0.3, -0.25) is 0 Å². The van der Waals surface area contributed by atoms with E-state index in [1.165, 1.54) is 16.4 Å². The summed E-state index contributed by atoms with van der Waals surface area (Å²) in [6.45, 7) is 3.10. The zero-order valence-corrected chi connectivity index (χ0v) is 11.5. The molecule has 0 spiro atoms. The van der Waals surface area contributed by atoms with Crippen LogP contribution in [0.15, 0.2) is 17.5 Å². The molecule has 0 bridgehead atoms. The fraction of sp³-hybridized carbons (Fsp3) is 0.667. The molecule has 0 aliphatic carbocycles. The van der Waals surface area contributed by atoms with E-state index in [0.29, 0.717) is 0 Å². The van der Waals surface area contributed by atoms with Crippen LogP contribution in [0.5, 0.6) is 0 Å². The van der Waals surface area contributed by atoms with Crippen molar-refractivity contribution in [3.63, 3.8) is 0 Å². The van der Waals surface area contributed by atoms with E-state index in [1.807, 2.05) is 23.1 Å². The van der Waals surface area contributed by atoms with E-state index < -0.39 is 0 Å². The Morgan fingerprint density at radius 1 is 1.38 bits per heavy atom. The van der Waals surface area contributed by atoms with Crippen molar-refractivity contribution in [3.05, 3.63) is 22.4 Å². The summed E-state index contributed by atoms with van der Waals surface area (Å²) in [6.07, 6.45) is 2.32. The lowest BCUT2D eigenvalue weighted by atomic mass is 10.3. The summed E-state index contributed by atoms with van der Waals surface area (Å²) in [5, 5.41) is 5.61. The summed E-state index contributed by atoms with van der Waals surface area (Å²) in [5.41, 5.74) is 0. The van der Waals surface area contributed by atoms with Crippen LogP contribution in [0.4, 0.5) is 0 Å². The highest BCUT2D eigenvalue weighted by Gasteiger charge is 1.93. The molecule has 1 aromatic rings. The molecular weight excluding hydrogens is 238 g/mol. The van der Waals surface area contributed by atoms with Gasteiger partial charge < -0.3 is 10.1 Å². The summed E-state index contributed by atoms with van der Waals surface area (Å²) < 4.78 is 5.00. The quantitative estimate of drug-likeness (QED) is 0.653. The Labute approximate surface area is 107 Å². The molecule has 0 aliphatic heterocycles. The van der Waals surface area contributed by atoms with Crippen molar-refractivity contribution in [2.75, 3.05) is 38.3 Å². The molecule has 2 nitrogen and oxygen atoms in total. The zero-order chi connectivity index (χ0) is 11.5. The first-order chi connectivity index (χ1) is 7.93. The molecule has 0 aliphatic rings. The number of thioether (sulfide) groups is 1. The Morgan fingerprint density at radius 3 is 3.06 bits per heavy atom. The first-order valence-electron chi connectivity index (χ1n) is 5.73. The van der Waals surface area contributed by atoms with Crippen LogP contribution < -0.4 is 5.32 Å². The molecule has 0 amide bonds. The fourth-order valence-electron chi connectivity index (χ4n) is 1.34. The highest BCUT2D eigenvalue weighted by molar-refractivity contribution is 7.99. The third-order valence-electron chi connectivity index (χ3n) is 2.19. The first kappa shape index (κ1) is 14.0. The first-order valence-corrected chi connectivity index (χ1v) is 7.76. The smallest absolute Gasteiger partial charge is 0.0470 e. The number of methoxy groups -OCH3 is 1. The van der Waals surface area contributed by atoms with E-state index in [2.05, 4.69) is 22.8 Å². The maximum Gasteiger partial charge on any atom is 0.0470 e. The summed E-state index contributed by atoms with van der Waals surface area (Å²) in [4.78, 5) is 1.47. The molecule has 0 unspecified atom stereocenters. The van der Waals surface area contributed by atoms with Crippen molar-refractivity contribution in [2.45, 2.75) is 12.8 Å². The SMILES string of the molecule is COCCCSCCNCCc1cccs1. The van der Waals surface area contributed by atoms with Gasteiger partial charge in [0.1, 0.15) is 0 Å². The van der Waals surface area contributed by atoms with Crippen molar-refractivity contribution < 1.29 is 4.74 Å². The van der Waals surface area contributed by atoms with E-state index in [1.54, 1.807) is 7.11 Å². The maximum absolute atomic E-state index is 5.00. The average molecular weight is 259 g/mol. The van der Waals surface area contributed by atoms with E-state index >= 15 is 0 Å². The summed E-state index contributed by atoms with van der Waals surface area (Å²) in [6, 6.07) is 4.32. The van der Waals surface area contributed by atoms with Crippen LogP contribution in [-0.2, 0) is 11.2 Å². The Hall–Kier alpha value is -0.0300. The molecule has 0 saturated carbocycles. The number of nitrogens with one attached hydrogen (secondary N) is 1. The summed E-state index contributed by atoms with van der Waals surface area (Å²) in [5.74, 6) is 2.41. The molecule has 1 rings (SSSR count). The van der Waals surface area contributed by atoms with Crippen molar-refractivity contribution in [1.82, 2.24) is 5.32 Å². The lowest BCUT2D eigenvalue weighted by Crippen LogP contribution is -2.19. The lowest BCUT2D eigenvalue weighted by molar-refractivity contribution is 0.200. The third-order valence-corrected chi connectivity index (χ3v) is 4.19. The van der Waals surface area contributed by atoms with E-state index in [0.717, 1.165) is 32.5 Å². The van der Waals surface area contributed by atoms with Crippen LogP contribution in [0.2, 0.25) is 0 Å². The zero-order valence-electron chi connectivity index (χ0n) is 9.91. The number of rotatable bonds is 10. The number of ether oxygens (including phenoxy) is 1. The summed E-state index contributed by atoms with van der Waals surface area (Å²) in [7, 11) is 1.76. The standard InChI is InChI=1S/C12H21NOS2/c1-14-8-3-9-15-11-7-13-6-5-12-4-2-10-16-12/h2,4,10,13H,3,5-9,11H2,1H3. The fourth-order valence-corrected chi connectivity index (χ4v) is 2.87. The molecule has 1 heterocycles. The van der Waals surface area contributed by atoms with Gasteiger partial charge in [-0.1, -0.05) is 6.07 Å². The maximum atomic E-state index is 5.00. The molecule has 0 radical (unpaired) electrons. The predicted octanol–water partition coefficient (Wildman–Crippen LogP) is 2.65. The van der Waals surface area contributed by atoms with Gasteiger partial charge in [0.05, 0.1) is 0 Å². The van der Waals surface area contributed by atoms with Crippen molar-refractivity contribution in [2.24, 2.45) is 0 Å². The Bertz CT molecular complexity index is 239. The van der Waals surface area contributed by atoms with Gasteiger partial charge in [-0.25, -0.2) is 0 Å². The third kappa shape index (κ3) is 7.28. The van der Waals surface area contributed by atoms with Crippen LogP contribution in [0.3, 0.4) is 0 Å². The van der Waals surface area contributed by atoms with Crippen LogP contribution in [-0.4, -0.2) is 38.3 Å². The monoisotopic (exact) mass is 259 g/mol. The van der Waals surface area contributed by atoms with E-state index in [4.69, 9.17) is 4.74 Å². The second-order valence-corrected chi connectivity index (χ2v) is 5.80. The Morgan fingerprint density at radius 2 is 2.31 bits per heavy atom. The molecule has 0 aromatic carbocycles. The predicted molar refractivity (Wildman–Crippen MR) is 74.7 cm³/mol. The highest BCUT2D eigenvalue weighted by Crippen LogP contribution is 2.08. The second-order valence-electron chi connectivity index (χ2n) is 3.54. The second kappa shape index (κ2) is 10.1. The van der Waals surface area contributed by atoms with E-state index in [9.17, 15) is 0 Å². The molecule has 1 N–H and O–H groups in total. The minimum atomic E-state index is 0.888. The highest BCUT2D eigenvalue weighted by atomic mass is 32.2. The largest absolute Gasteiger partial charge is 0.385 e. The van der Waals surface area contributed by atoms with Gasteiger partial charge in [-0.2, -0.15) is 11.8 Å². The molecule has 0 atom stereocenters. The van der Waals surface area contributed by atoms with Gasteiger partial charge in [0.15, 0.2) is 0 Å². The topological polar surface area (TPSA) is 21.3 Å². The Kier molecular flexibility index (Phi) is 8.90. The summed E-state index contributed by atoms with van der Waals surface area (Å²) >= 11 is 3.84. The number of thiophene rings is 1. The Balaban J connectivity index is 1.78. The minimum Gasteiger partial charge on any atom is -0.385 e. The van der Waals surface area contributed by atoms with Crippen LogP contribution in [0.1, 0.15) is 11.3 Å². The molecule has 1 aromatic heterocycles. The molecule has 92 valence electrons.